The van der Waals surface area contributed by atoms with E-state index in [2.05, 4.69) is 15.5 Å². The van der Waals surface area contributed by atoms with Crippen molar-refractivity contribution in [3.63, 3.8) is 0 Å². The first-order chi connectivity index (χ1) is 9.74. The minimum absolute atomic E-state index is 0.128. The van der Waals surface area contributed by atoms with Gasteiger partial charge in [0.05, 0.1) is 5.52 Å². The number of nitrogens with two attached hydrogens (primary N) is 1. The maximum absolute atomic E-state index is 12.1. The van der Waals surface area contributed by atoms with Gasteiger partial charge in [-0.2, -0.15) is 5.10 Å². The van der Waals surface area contributed by atoms with Crippen LogP contribution >= 0.6 is 0 Å². The predicted octanol–water partition coefficient (Wildman–Crippen LogP) is 2.08. The number of nitrogens with one attached hydrogen (secondary N) is 2. The first-order valence-corrected chi connectivity index (χ1v) is 6.30. The molecule has 0 aliphatic rings. The fourth-order valence-electron chi connectivity index (χ4n) is 2.06. The van der Waals surface area contributed by atoms with Crippen LogP contribution in [0.4, 0.5) is 5.82 Å². The van der Waals surface area contributed by atoms with E-state index in [4.69, 9.17) is 5.73 Å². The lowest BCUT2D eigenvalue weighted by molar-refractivity contribution is 0.0951. The Morgan fingerprint density at radius 1 is 1.20 bits per heavy atom. The van der Waals surface area contributed by atoms with Crippen LogP contribution in [0.25, 0.3) is 10.9 Å². The number of hydrogen-bond donors (Lipinski definition) is 3. The minimum atomic E-state index is -0.128. The predicted molar refractivity (Wildman–Crippen MR) is 78.1 cm³/mol. The SMILES string of the molecule is Nc1n[nH]c2ccc(C(=O)NCc3ccccc3)cc12. The molecule has 4 N–H and O–H groups in total. The van der Waals surface area contributed by atoms with Gasteiger partial charge in [-0.1, -0.05) is 30.3 Å². The Balaban J connectivity index is 1.77. The van der Waals surface area contributed by atoms with Gasteiger partial charge >= 0.3 is 0 Å². The third kappa shape index (κ3) is 2.33. The number of nitrogen functional groups attached to an aromatic ring is 1. The highest BCUT2D eigenvalue weighted by molar-refractivity contribution is 6.00. The van der Waals surface area contributed by atoms with E-state index in [9.17, 15) is 4.79 Å². The largest absolute Gasteiger partial charge is 0.382 e. The summed E-state index contributed by atoms with van der Waals surface area (Å²) in [5.41, 5.74) is 8.19. The Kier molecular flexibility index (Phi) is 3.09. The van der Waals surface area contributed by atoms with E-state index in [0.717, 1.165) is 16.5 Å². The van der Waals surface area contributed by atoms with Gasteiger partial charge in [0.2, 0.25) is 0 Å². The van der Waals surface area contributed by atoms with E-state index < -0.39 is 0 Å². The topological polar surface area (TPSA) is 83.8 Å². The van der Waals surface area contributed by atoms with Crippen LogP contribution in [0.5, 0.6) is 0 Å². The molecule has 0 atom stereocenters. The average Bonchev–Trinajstić information content (AvgIpc) is 2.87. The third-order valence-electron chi connectivity index (χ3n) is 3.15. The summed E-state index contributed by atoms with van der Waals surface area (Å²) in [6.07, 6.45) is 0. The number of H-pyrrole nitrogens is 1. The molecule has 0 bridgehead atoms. The van der Waals surface area contributed by atoms with E-state index in [0.29, 0.717) is 17.9 Å². The van der Waals surface area contributed by atoms with E-state index in [1.54, 1.807) is 18.2 Å². The molecule has 1 heterocycles. The van der Waals surface area contributed by atoms with Crippen molar-refractivity contribution in [3.05, 3.63) is 59.7 Å². The fourth-order valence-corrected chi connectivity index (χ4v) is 2.06. The lowest BCUT2D eigenvalue weighted by atomic mass is 10.1. The first-order valence-electron chi connectivity index (χ1n) is 6.30. The summed E-state index contributed by atoms with van der Waals surface area (Å²) in [5, 5.41) is 10.4. The number of carbonyl (C=O) groups excluding carboxylic acids is 1. The zero-order chi connectivity index (χ0) is 13.9. The van der Waals surface area contributed by atoms with Crippen LogP contribution in [0.1, 0.15) is 15.9 Å². The van der Waals surface area contributed by atoms with Crippen molar-refractivity contribution in [2.45, 2.75) is 6.54 Å². The molecule has 5 heteroatoms. The molecular formula is C15H14N4O. The summed E-state index contributed by atoms with van der Waals surface area (Å²) in [7, 11) is 0. The molecule has 3 rings (SSSR count). The van der Waals surface area contributed by atoms with Crippen LogP contribution in [0.15, 0.2) is 48.5 Å². The van der Waals surface area contributed by atoms with E-state index in [1.165, 1.54) is 0 Å². The zero-order valence-electron chi connectivity index (χ0n) is 10.8. The normalized spacial score (nSPS) is 10.6. The van der Waals surface area contributed by atoms with Crippen LogP contribution in [0.3, 0.4) is 0 Å². The van der Waals surface area contributed by atoms with Crippen molar-refractivity contribution < 1.29 is 4.79 Å². The monoisotopic (exact) mass is 266 g/mol. The highest BCUT2D eigenvalue weighted by Gasteiger charge is 2.09. The van der Waals surface area contributed by atoms with Gasteiger partial charge in [0, 0.05) is 17.5 Å². The van der Waals surface area contributed by atoms with Crippen LogP contribution in [0.2, 0.25) is 0 Å². The Morgan fingerprint density at radius 2 is 2.00 bits per heavy atom. The van der Waals surface area contributed by atoms with E-state index >= 15 is 0 Å². The van der Waals surface area contributed by atoms with Gasteiger partial charge in [-0.05, 0) is 23.8 Å². The second-order valence-electron chi connectivity index (χ2n) is 4.54. The number of amides is 1. The Hall–Kier alpha value is -2.82. The third-order valence-corrected chi connectivity index (χ3v) is 3.15. The molecule has 3 aromatic rings. The smallest absolute Gasteiger partial charge is 0.251 e. The van der Waals surface area contributed by atoms with Crippen LogP contribution in [-0.4, -0.2) is 16.1 Å². The van der Waals surface area contributed by atoms with E-state index in [1.807, 2.05) is 30.3 Å². The Bertz CT molecular complexity index is 749. The number of hydrogen-bond acceptors (Lipinski definition) is 3. The molecule has 0 fully saturated rings. The molecular weight excluding hydrogens is 252 g/mol. The molecule has 1 amide bonds. The van der Waals surface area contributed by atoms with Crippen molar-refractivity contribution in [1.82, 2.24) is 15.5 Å². The lowest BCUT2D eigenvalue weighted by Gasteiger charge is -2.05. The minimum Gasteiger partial charge on any atom is -0.382 e. The molecule has 2 aromatic carbocycles. The summed E-state index contributed by atoms with van der Waals surface area (Å²) < 4.78 is 0. The number of carbonyl (C=O) groups is 1. The first kappa shape index (κ1) is 12.2. The highest BCUT2D eigenvalue weighted by Crippen LogP contribution is 2.19. The molecule has 0 saturated carbocycles. The summed E-state index contributed by atoms with van der Waals surface area (Å²) >= 11 is 0. The van der Waals surface area contributed by atoms with Gasteiger partial charge in [0.25, 0.3) is 5.91 Å². The molecule has 0 spiro atoms. The van der Waals surface area contributed by atoms with E-state index in [-0.39, 0.29) is 5.91 Å². The highest BCUT2D eigenvalue weighted by atomic mass is 16.1. The van der Waals surface area contributed by atoms with Crippen molar-refractivity contribution in [3.8, 4) is 0 Å². The van der Waals surface area contributed by atoms with Crippen LogP contribution in [-0.2, 0) is 6.54 Å². The quantitative estimate of drug-likeness (QED) is 0.678. The Labute approximate surface area is 115 Å². The molecule has 20 heavy (non-hydrogen) atoms. The van der Waals surface area contributed by atoms with Crippen molar-refractivity contribution in [2.75, 3.05) is 5.73 Å². The summed E-state index contributed by atoms with van der Waals surface area (Å²) in [4.78, 5) is 12.1. The molecule has 0 radical (unpaired) electrons. The molecule has 5 nitrogen and oxygen atoms in total. The van der Waals surface area contributed by atoms with Gasteiger partial charge in [0.15, 0.2) is 5.82 Å². The standard InChI is InChI=1S/C15H14N4O/c16-14-12-8-11(6-7-13(12)18-19-14)15(20)17-9-10-4-2-1-3-5-10/h1-8H,9H2,(H,17,20)(H3,16,18,19). The Morgan fingerprint density at radius 3 is 2.80 bits per heavy atom. The molecule has 100 valence electrons. The molecule has 0 unspecified atom stereocenters. The fraction of sp³-hybridized carbons (Fsp3) is 0.0667. The van der Waals surface area contributed by atoms with Gasteiger partial charge in [0.1, 0.15) is 0 Å². The maximum Gasteiger partial charge on any atom is 0.251 e. The molecule has 0 aliphatic carbocycles. The molecule has 0 aliphatic heterocycles. The van der Waals surface area contributed by atoms with Crippen molar-refractivity contribution >= 4 is 22.6 Å². The second-order valence-corrected chi connectivity index (χ2v) is 4.54. The maximum atomic E-state index is 12.1. The van der Waals surface area contributed by atoms with Gasteiger partial charge < -0.3 is 11.1 Å². The average molecular weight is 266 g/mol. The number of aromatic amines is 1. The van der Waals surface area contributed by atoms with Gasteiger partial charge in [-0.25, -0.2) is 0 Å². The number of benzene rings is 2. The molecule has 0 saturated heterocycles. The van der Waals surface area contributed by atoms with Crippen LogP contribution in [0, 0.1) is 0 Å². The number of nitrogens with zero attached hydrogens (tertiary/aromatic N) is 1. The zero-order valence-corrected chi connectivity index (χ0v) is 10.8. The lowest BCUT2D eigenvalue weighted by Crippen LogP contribution is -2.22. The van der Waals surface area contributed by atoms with Gasteiger partial charge in [-0.15, -0.1) is 0 Å². The van der Waals surface area contributed by atoms with Crippen molar-refractivity contribution in [1.29, 1.82) is 0 Å². The van der Waals surface area contributed by atoms with Crippen molar-refractivity contribution in [2.24, 2.45) is 0 Å². The number of aromatic nitrogens is 2. The van der Waals surface area contributed by atoms with Gasteiger partial charge in [-0.3, -0.25) is 9.89 Å². The second kappa shape index (κ2) is 5.05. The summed E-state index contributed by atoms with van der Waals surface area (Å²) in [6.45, 7) is 0.499. The number of rotatable bonds is 3. The summed E-state index contributed by atoms with van der Waals surface area (Å²) in [5.74, 6) is 0.272. The number of anilines is 1. The summed E-state index contributed by atoms with van der Waals surface area (Å²) in [6, 6.07) is 15.1. The van der Waals surface area contributed by atoms with Crippen LogP contribution < -0.4 is 11.1 Å². The molecule has 1 aromatic heterocycles. The number of fused-ring (bicyclic) bond motifs is 1.